The summed E-state index contributed by atoms with van der Waals surface area (Å²) >= 11 is 3.26. The molecule has 0 radical (unpaired) electrons. The number of pyridine rings is 1. The third-order valence-corrected chi connectivity index (χ3v) is 6.14. The van der Waals surface area contributed by atoms with Crippen LogP contribution in [0.15, 0.2) is 53.1 Å². The van der Waals surface area contributed by atoms with Crippen LogP contribution in [0.25, 0.3) is 10.9 Å². The van der Waals surface area contributed by atoms with Crippen molar-refractivity contribution in [3.63, 3.8) is 0 Å². The Bertz CT molecular complexity index is 1030. The lowest BCUT2D eigenvalue weighted by Gasteiger charge is -2.44. The molecule has 2 aromatic carbocycles. The maximum absolute atomic E-state index is 13.9. The van der Waals surface area contributed by atoms with Gasteiger partial charge in [0.05, 0.1) is 27.3 Å². The van der Waals surface area contributed by atoms with E-state index in [1.54, 1.807) is 12.3 Å². The smallest absolute Gasteiger partial charge is 0.235 e. The molecule has 1 aromatic heterocycles. The first-order chi connectivity index (χ1) is 12.1. The standard InChI is InChI=1S/C20H14BrFN2O/c21-14-6-13-16(7-15(14)22)23-10-17-18(13)20(19(25)24-17)8-12(9-20)11-4-2-1-3-5-11/h1-7,10,12H,8-9H2,(H,24,25). The lowest BCUT2D eigenvalue weighted by Crippen LogP contribution is -2.45. The zero-order valence-electron chi connectivity index (χ0n) is 13.2. The molecule has 1 aliphatic carbocycles. The van der Waals surface area contributed by atoms with E-state index >= 15 is 0 Å². The van der Waals surface area contributed by atoms with Crippen molar-refractivity contribution in [2.24, 2.45) is 0 Å². The van der Waals surface area contributed by atoms with E-state index in [0.717, 1.165) is 29.5 Å². The molecule has 5 heteroatoms. The Morgan fingerprint density at radius 1 is 1.20 bits per heavy atom. The Morgan fingerprint density at radius 2 is 1.96 bits per heavy atom. The molecule has 3 nitrogen and oxygen atoms in total. The second kappa shape index (κ2) is 5.11. The van der Waals surface area contributed by atoms with Gasteiger partial charge in [0.15, 0.2) is 0 Å². The van der Waals surface area contributed by atoms with Gasteiger partial charge in [-0.2, -0.15) is 0 Å². The first kappa shape index (κ1) is 15.0. The highest BCUT2D eigenvalue weighted by Gasteiger charge is 2.56. The Hall–Kier alpha value is -2.27. The fourth-order valence-corrected chi connectivity index (χ4v) is 4.63. The number of nitrogens with one attached hydrogen (secondary N) is 1. The predicted octanol–water partition coefficient (Wildman–Crippen LogP) is 4.90. The highest BCUT2D eigenvalue weighted by molar-refractivity contribution is 9.10. The van der Waals surface area contributed by atoms with Crippen LogP contribution in [0.3, 0.4) is 0 Å². The van der Waals surface area contributed by atoms with Crippen LogP contribution in [0.4, 0.5) is 10.1 Å². The zero-order valence-corrected chi connectivity index (χ0v) is 14.8. The molecule has 1 fully saturated rings. The summed E-state index contributed by atoms with van der Waals surface area (Å²) < 4.78 is 14.3. The van der Waals surface area contributed by atoms with Gasteiger partial charge in [0.1, 0.15) is 5.82 Å². The summed E-state index contributed by atoms with van der Waals surface area (Å²) in [5.74, 6) is 0.0523. The Kier molecular flexibility index (Phi) is 3.07. The SMILES string of the molecule is O=C1Nc2cnc3cc(F)c(Br)cc3c2C12CC(c1ccccc1)C2. The molecule has 1 aliphatic heterocycles. The van der Waals surface area contributed by atoms with E-state index in [1.165, 1.54) is 11.6 Å². The van der Waals surface area contributed by atoms with Gasteiger partial charge in [0.25, 0.3) is 0 Å². The highest BCUT2D eigenvalue weighted by Crippen LogP contribution is 2.58. The fraction of sp³-hybridized carbons (Fsp3) is 0.200. The molecule has 0 bridgehead atoms. The van der Waals surface area contributed by atoms with Crippen molar-refractivity contribution in [2.45, 2.75) is 24.2 Å². The topological polar surface area (TPSA) is 42.0 Å². The summed E-state index contributed by atoms with van der Waals surface area (Å²) in [6.07, 6.45) is 3.18. The van der Waals surface area contributed by atoms with Crippen molar-refractivity contribution in [1.82, 2.24) is 4.98 Å². The quantitative estimate of drug-likeness (QED) is 0.635. The highest BCUT2D eigenvalue weighted by atomic mass is 79.9. The number of amides is 1. The van der Waals surface area contributed by atoms with Gasteiger partial charge in [-0.15, -0.1) is 0 Å². The number of carbonyl (C=O) groups excluding carboxylic acids is 1. The molecule has 1 spiro atoms. The largest absolute Gasteiger partial charge is 0.324 e. The van der Waals surface area contributed by atoms with Crippen LogP contribution in [-0.4, -0.2) is 10.9 Å². The van der Waals surface area contributed by atoms with Gasteiger partial charge in [-0.3, -0.25) is 9.78 Å². The van der Waals surface area contributed by atoms with Crippen molar-refractivity contribution in [2.75, 3.05) is 5.32 Å². The van der Waals surface area contributed by atoms with Crippen LogP contribution in [-0.2, 0) is 10.2 Å². The van der Waals surface area contributed by atoms with Crippen LogP contribution in [0.5, 0.6) is 0 Å². The Labute approximate surface area is 152 Å². The molecule has 5 rings (SSSR count). The number of benzene rings is 2. The van der Waals surface area contributed by atoms with Crippen molar-refractivity contribution in [1.29, 1.82) is 0 Å². The lowest BCUT2D eigenvalue weighted by atomic mass is 9.57. The van der Waals surface area contributed by atoms with Gasteiger partial charge in [0.2, 0.25) is 5.91 Å². The van der Waals surface area contributed by atoms with E-state index in [4.69, 9.17) is 0 Å². The number of nitrogens with zero attached hydrogens (tertiary/aromatic N) is 1. The fourth-order valence-electron chi connectivity index (χ4n) is 4.28. The molecule has 1 amide bonds. The lowest BCUT2D eigenvalue weighted by molar-refractivity contribution is -0.124. The Balaban J connectivity index is 1.64. The molecular weight excluding hydrogens is 383 g/mol. The molecule has 2 heterocycles. The van der Waals surface area contributed by atoms with Crippen molar-refractivity contribution in [3.05, 3.63) is 70.1 Å². The first-order valence-electron chi connectivity index (χ1n) is 8.23. The number of hydrogen-bond acceptors (Lipinski definition) is 2. The van der Waals surface area contributed by atoms with Gasteiger partial charge in [0, 0.05) is 17.0 Å². The van der Waals surface area contributed by atoms with Gasteiger partial charge < -0.3 is 5.32 Å². The zero-order chi connectivity index (χ0) is 17.2. The van der Waals surface area contributed by atoms with Crippen molar-refractivity contribution >= 4 is 38.4 Å². The minimum Gasteiger partial charge on any atom is -0.324 e. The number of halogens is 2. The molecule has 0 atom stereocenters. The minimum absolute atomic E-state index is 0.0319. The number of hydrogen-bond donors (Lipinski definition) is 1. The molecule has 25 heavy (non-hydrogen) atoms. The summed E-state index contributed by atoms with van der Waals surface area (Å²) in [5, 5.41) is 3.82. The van der Waals surface area contributed by atoms with Gasteiger partial charge in [-0.1, -0.05) is 30.3 Å². The molecule has 0 saturated heterocycles. The van der Waals surface area contributed by atoms with E-state index in [0.29, 0.717) is 15.9 Å². The summed E-state index contributed by atoms with van der Waals surface area (Å²) in [4.78, 5) is 17.1. The van der Waals surface area contributed by atoms with E-state index < -0.39 is 5.41 Å². The maximum atomic E-state index is 13.9. The maximum Gasteiger partial charge on any atom is 0.235 e. The number of rotatable bonds is 1. The number of aromatic nitrogens is 1. The summed E-state index contributed by atoms with van der Waals surface area (Å²) in [6, 6.07) is 13.5. The third kappa shape index (κ3) is 2.02. The normalized spacial score (nSPS) is 24.2. The van der Waals surface area contributed by atoms with Gasteiger partial charge in [-0.05, 0) is 46.3 Å². The monoisotopic (exact) mass is 396 g/mol. The average molecular weight is 397 g/mol. The predicted molar refractivity (Wildman–Crippen MR) is 98.1 cm³/mol. The second-order valence-corrected chi connectivity index (χ2v) is 7.74. The second-order valence-electron chi connectivity index (χ2n) is 6.88. The van der Waals surface area contributed by atoms with Crippen LogP contribution < -0.4 is 5.32 Å². The number of carbonyl (C=O) groups is 1. The molecular formula is C20H14BrFN2O. The van der Waals surface area contributed by atoms with Crippen molar-refractivity contribution < 1.29 is 9.18 Å². The molecule has 124 valence electrons. The molecule has 2 aliphatic rings. The molecule has 1 N–H and O–H groups in total. The van der Waals surface area contributed by atoms with E-state index in [2.05, 4.69) is 38.4 Å². The van der Waals surface area contributed by atoms with Crippen LogP contribution in [0.1, 0.15) is 29.9 Å². The molecule has 3 aromatic rings. The third-order valence-electron chi connectivity index (χ3n) is 5.53. The minimum atomic E-state index is -0.533. The van der Waals surface area contributed by atoms with Gasteiger partial charge >= 0.3 is 0 Å². The van der Waals surface area contributed by atoms with E-state index in [9.17, 15) is 9.18 Å². The molecule has 1 saturated carbocycles. The molecule has 0 unspecified atom stereocenters. The Morgan fingerprint density at radius 3 is 2.72 bits per heavy atom. The summed E-state index contributed by atoms with van der Waals surface area (Å²) in [5.41, 5.74) is 3.03. The average Bonchev–Trinajstić information content (AvgIpc) is 2.88. The van der Waals surface area contributed by atoms with E-state index in [-0.39, 0.29) is 11.7 Å². The number of anilines is 1. The number of fused-ring (bicyclic) bond motifs is 4. The van der Waals surface area contributed by atoms with Crippen molar-refractivity contribution in [3.8, 4) is 0 Å². The first-order valence-corrected chi connectivity index (χ1v) is 9.02. The van der Waals surface area contributed by atoms with Crippen LogP contribution in [0.2, 0.25) is 0 Å². The summed E-state index contributed by atoms with van der Waals surface area (Å²) in [7, 11) is 0. The van der Waals surface area contributed by atoms with E-state index in [1.807, 2.05) is 18.2 Å². The van der Waals surface area contributed by atoms with Gasteiger partial charge in [-0.25, -0.2) is 4.39 Å². The van der Waals surface area contributed by atoms with Crippen LogP contribution >= 0.6 is 15.9 Å². The summed E-state index contributed by atoms with van der Waals surface area (Å²) in [6.45, 7) is 0. The van der Waals surface area contributed by atoms with Crippen LogP contribution in [0, 0.1) is 5.82 Å².